The molecular formula is C10H8INO. The van der Waals surface area contributed by atoms with Gasteiger partial charge >= 0.3 is 0 Å². The number of hydrogen-bond acceptors (Lipinski definition) is 2. The molecule has 2 rings (SSSR count). The summed E-state index contributed by atoms with van der Waals surface area (Å²) >= 11 is 2.27. The molecule has 66 valence electrons. The lowest BCUT2D eigenvalue weighted by Crippen LogP contribution is -1.88. The minimum atomic E-state index is 0.0808. The minimum Gasteiger partial charge on any atom is -0.392 e. The fourth-order valence-corrected chi connectivity index (χ4v) is 1.97. The number of nitrogens with zero attached hydrogens (tertiary/aromatic N) is 1. The summed E-state index contributed by atoms with van der Waals surface area (Å²) in [6, 6.07) is 5.88. The Kier molecular flexibility index (Phi) is 2.46. The first kappa shape index (κ1) is 8.90. The lowest BCUT2D eigenvalue weighted by Gasteiger charge is -2.04. The predicted molar refractivity (Wildman–Crippen MR) is 60.4 cm³/mol. The third-order valence-electron chi connectivity index (χ3n) is 2.03. The molecule has 1 aromatic heterocycles. The average Bonchev–Trinajstić information content (AvgIpc) is 2.19. The Bertz CT molecular complexity index is 442. The molecule has 3 heteroatoms. The zero-order chi connectivity index (χ0) is 9.26. The standard InChI is InChI=1S/C10H8INO/c11-10-2-1-7(6-13)8-3-4-12-5-9(8)10/h1-5,13H,6H2. The van der Waals surface area contributed by atoms with Gasteiger partial charge in [0.15, 0.2) is 0 Å². The normalized spacial score (nSPS) is 10.6. The van der Waals surface area contributed by atoms with E-state index in [1.807, 2.05) is 24.4 Å². The molecule has 0 saturated heterocycles. The molecule has 0 radical (unpaired) electrons. The topological polar surface area (TPSA) is 33.1 Å². The van der Waals surface area contributed by atoms with Gasteiger partial charge in [-0.2, -0.15) is 0 Å². The summed E-state index contributed by atoms with van der Waals surface area (Å²) in [6.07, 6.45) is 3.58. The number of fused-ring (bicyclic) bond motifs is 1. The summed E-state index contributed by atoms with van der Waals surface area (Å²) in [7, 11) is 0. The first-order valence-corrected chi connectivity index (χ1v) is 5.03. The van der Waals surface area contributed by atoms with Crippen LogP contribution in [0.5, 0.6) is 0 Å². The highest BCUT2D eigenvalue weighted by Crippen LogP contribution is 2.22. The van der Waals surface area contributed by atoms with Crippen LogP contribution in [0.2, 0.25) is 0 Å². The SMILES string of the molecule is OCc1ccc(I)c2cnccc12. The van der Waals surface area contributed by atoms with Gasteiger partial charge in [-0.25, -0.2) is 0 Å². The molecule has 2 nitrogen and oxygen atoms in total. The highest BCUT2D eigenvalue weighted by Gasteiger charge is 2.02. The van der Waals surface area contributed by atoms with Crippen molar-refractivity contribution in [2.45, 2.75) is 6.61 Å². The van der Waals surface area contributed by atoms with Crippen molar-refractivity contribution in [3.63, 3.8) is 0 Å². The minimum absolute atomic E-state index is 0.0808. The molecule has 1 N–H and O–H groups in total. The predicted octanol–water partition coefficient (Wildman–Crippen LogP) is 2.33. The quantitative estimate of drug-likeness (QED) is 0.816. The van der Waals surface area contributed by atoms with E-state index < -0.39 is 0 Å². The van der Waals surface area contributed by atoms with E-state index in [4.69, 9.17) is 5.11 Å². The molecule has 0 saturated carbocycles. The van der Waals surface area contributed by atoms with Crippen LogP contribution >= 0.6 is 22.6 Å². The first-order chi connectivity index (χ1) is 6.33. The Hall–Kier alpha value is -0.680. The third-order valence-corrected chi connectivity index (χ3v) is 2.97. The second-order valence-electron chi connectivity index (χ2n) is 2.79. The largest absolute Gasteiger partial charge is 0.392 e. The van der Waals surface area contributed by atoms with Gasteiger partial charge in [0, 0.05) is 21.4 Å². The maximum absolute atomic E-state index is 9.10. The summed E-state index contributed by atoms with van der Waals surface area (Å²) in [5.41, 5.74) is 0.956. The number of halogens is 1. The van der Waals surface area contributed by atoms with Crippen LogP contribution in [-0.4, -0.2) is 10.1 Å². The number of rotatable bonds is 1. The molecule has 0 fully saturated rings. The van der Waals surface area contributed by atoms with Gasteiger partial charge in [0.2, 0.25) is 0 Å². The van der Waals surface area contributed by atoms with Crippen LogP contribution in [-0.2, 0) is 6.61 Å². The van der Waals surface area contributed by atoms with Crippen LogP contribution in [0, 0.1) is 3.57 Å². The van der Waals surface area contributed by atoms with Crippen molar-refractivity contribution < 1.29 is 5.11 Å². The summed E-state index contributed by atoms with van der Waals surface area (Å²) < 4.78 is 1.16. The molecule has 1 aromatic carbocycles. The van der Waals surface area contributed by atoms with Crippen molar-refractivity contribution in [3.05, 3.63) is 39.7 Å². The fourth-order valence-electron chi connectivity index (χ4n) is 1.36. The van der Waals surface area contributed by atoms with E-state index in [0.717, 1.165) is 19.9 Å². The zero-order valence-electron chi connectivity index (χ0n) is 6.87. The highest BCUT2D eigenvalue weighted by molar-refractivity contribution is 14.1. The van der Waals surface area contributed by atoms with Crippen LogP contribution < -0.4 is 0 Å². The van der Waals surface area contributed by atoms with Gasteiger partial charge in [-0.3, -0.25) is 4.98 Å². The van der Waals surface area contributed by atoms with E-state index in [9.17, 15) is 0 Å². The maximum Gasteiger partial charge on any atom is 0.0687 e. The fraction of sp³-hybridized carbons (Fsp3) is 0.100. The summed E-state index contributed by atoms with van der Waals surface area (Å²) in [4.78, 5) is 4.06. The van der Waals surface area contributed by atoms with Gasteiger partial charge in [0.25, 0.3) is 0 Å². The van der Waals surface area contributed by atoms with E-state index >= 15 is 0 Å². The van der Waals surface area contributed by atoms with Gasteiger partial charge in [-0.15, -0.1) is 0 Å². The van der Waals surface area contributed by atoms with Gasteiger partial charge in [-0.1, -0.05) is 6.07 Å². The van der Waals surface area contributed by atoms with Gasteiger partial charge in [0.05, 0.1) is 6.61 Å². The second-order valence-corrected chi connectivity index (χ2v) is 3.95. The average molecular weight is 285 g/mol. The van der Waals surface area contributed by atoms with Crippen molar-refractivity contribution >= 4 is 33.4 Å². The summed E-state index contributed by atoms with van der Waals surface area (Å²) in [6.45, 7) is 0.0808. The first-order valence-electron chi connectivity index (χ1n) is 3.95. The van der Waals surface area contributed by atoms with Crippen LogP contribution in [0.3, 0.4) is 0 Å². The number of aliphatic hydroxyl groups excluding tert-OH is 1. The molecule has 0 spiro atoms. The van der Waals surface area contributed by atoms with Gasteiger partial charge < -0.3 is 5.11 Å². The lowest BCUT2D eigenvalue weighted by atomic mass is 10.1. The zero-order valence-corrected chi connectivity index (χ0v) is 9.02. The van der Waals surface area contributed by atoms with Crippen molar-refractivity contribution in [2.24, 2.45) is 0 Å². The number of benzene rings is 1. The van der Waals surface area contributed by atoms with E-state index in [1.165, 1.54) is 0 Å². The van der Waals surface area contributed by atoms with E-state index in [-0.39, 0.29) is 6.61 Å². The monoisotopic (exact) mass is 285 g/mol. The Labute approximate surface area is 89.8 Å². The highest BCUT2D eigenvalue weighted by atomic mass is 127. The molecular weight excluding hydrogens is 277 g/mol. The molecule has 0 atom stereocenters. The molecule has 2 aromatic rings. The molecule has 13 heavy (non-hydrogen) atoms. The lowest BCUT2D eigenvalue weighted by molar-refractivity contribution is 0.283. The summed E-state index contributed by atoms with van der Waals surface area (Å²) in [5.74, 6) is 0. The molecule has 0 bridgehead atoms. The number of aromatic nitrogens is 1. The molecule has 0 amide bonds. The van der Waals surface area contributed by atoms with Gasteiger partial charge in [-0.05, 0) is 45.7 Å². The second kappa shape index (κ2) is 3.59. The van der Waals surface area contributed by atoms with Crippen molar-refractivity contribution in [1.29, 1.82) is 0 Å². The van der Waals surface area contributed by atoms with Crippen LogP contribution in [0.15, 0.2) is 30.6 Å². The molecule has 0 unspecified atom stereocenters. The van der Waals surface area contributed by atoms with Crippen LogP contribution in [0.1, 0.15) is 5.56 Å². The molecule has 0 aliphatic carbocycles. The van der Waals surface area contributed by atoms with Crippen molar-refractivity contribution in [2.75, 3.05) is 0 Å². The third kappa shape index (κ3) is 1.53. The van der Waals surface area contributed by atoms with Crippen LogP contribution in [0.25, 0.3) is 10.8 Å². The van der Waals surface area contributed by atoms with Crippen molar-refractivity contribution in [3.8, 4) is 0 Å². The Balaban J connectivity index is 2.84. The van der Waals surface area contributed by atoms with Crippen molar-refractivity contribution in [1.82, 2.24) is 4.98 Å². The number of aliphatic hydroxyl groups is 1. The Morgan fingerprint density at radius 1 is 1.23 bits per heavy atom. The molecule has 1 heterocycles. The van der Waals surface area contributed by atoms with Gasteiger partial charge in [0.1, 0.15) is 0 Å². The Morgan fingerprint density at radius 2 is 2.08 bits per heavy atom. The summed E-state index contributed by atoms with van der Waals surface area (Å²) in [5, 5.41) is 11.3. The van der Waals surface area contributed by atoms with E-state index in [0.29, 0.717) is 0 Å². The Morgan fingerprint density at radius 3 is 2.85 bits per heavy atom. The van der Waals surface area contributed by atoms with E-state index in [1.54, 1.807) is 6.20 Å². The molecule has 0 aliphatic rings. The maximum atomic E-state index is 9.10. The number of pyridine rings is 1. The smallest absolute Gasteiger partial charge is 0.0687 e. The van der Waals surface area contributed by atoms with E-state index in [2.05, 4.69) is 27.6 Å². The molecule has 0 aliphatic heterocycles. The van der Waals surface area contributed by atoms with Crippen LogP contribution in [0.4, 0.5) is 0 Å². The number of hydrogen-bond donors (Lipinski definition) is 1.